The highest BCUT2D eigenvalue weighted by atomic mass is 35.7. The van der Waals surface area contributed by atoms with E-state index in [4.69, 9.17) is 18.6 Å². The molecule has 2 aromatic rings. The highest BCUT2D eigenvalue weighted by Crippen LogP contribution is 2.23. The van der Waals surface area contributed by atoms with Crippen molar-refractivity contribution in [3.8, 4) is 0 Å². The van der Waals surface area contributed by atoms with E-state index in [0.29, 0.717) is 0 Å². The summed E-state index contributed by atoms with van der Waals surface area (Å²) in [7, 11) is -4.76. The first kappa shape index (κ1) is 18.3. The van der Waals surface area contributed by atoms with Crippen LogP contribution in [0.4, 0.5) is 0 Å². The Bertz CT molecular complexity index is 523. The van der Waals surface area contributed by atoms with E-state index in [9.17, 15) is 0 Å². The molecule has 0 aliphatic carbocycles. The predicted molar refractivity (Wildman–Crippen MR) is 74.5 cm³/mol. The normalized spacial score (nSPS) is 12.3. The van der Waals surface area contributed by atoms with Gasteiger partial charge in [-0.3, -0.25) is 0 Å². The van der Waals surface area contributed by atoms with E-state index in [1.165, 1.54) is 14.7 Å². The van der Waals surface area contributed by atoms with E-state index in [2.05, 4.69) is 67.1 Å². The fourth-order valence-electron chi connectivity index (χ4n) is 1.54. The van der Waals surface area contributed by atoms with Gasteiger partial charge in [-0.1, -0.05) is 18.2 Å². The average Bonchev–Trinajstić information content (AvgIpc) is 2.46. The van der Waals surface area contributed by atoms with Gasteiger partial charge >= 0.3 is 0 Å². The first-order valence-electron chi connectivity index (χ1n) is 5.78. The van der Waals surface area contributed by atoms with Crippen LogP contribution in [0, 0.1) is 10.2 Å². The second-order valence-electron chi connectivity index (χ2n) is 3.88. The van der Waals surface area contributed by atoms with Gasteiger partial charge in [0.15, 0.2) is 9.79 Å². The quantitative estimate of drug-likeness (QED) is 0.542. The highest BCUT2D eigenvalue weighted by Gasteiger charge is 2.17. The molecule has 0 radical (unpaired) electrons. The van der Waals surface area contributed by atoms with Crippen molar-refractivity contribution in [2.24, 2.45) is 0 Å². The van der Waals surface area contributed by atoms with Gasteiger partial charge in [-0.25, -0.2) is 18.6 Å². The number of hydrogen-bond donors (Lipinski definition) is 0. The predicted octanol–water partition coefficient (Wildman–Crippen LogP) is -0.681. The van der Waals surface area contributed by atoms with Crippen LogP contribution in [0.5, 0.6) is 0 Å². The third kappa shape index (κ3) is 7.73. The molecule has 0 N–H and O–H groups in total. The lowest BCUT2D eigenvalue weighted by atomic mass is 10.4. The first-order valence-corrected chi connectivity index (χ1v) is 9.87. The molecular weight excluding hydrogens is 332 g/mol. The zero-order valence-corrected chi connectivity index (χ0v) is 13.9. The molecule has 0 bridgehead atoms. The zero-order chi connectivity index (χ0) is 15.9. The van der Waals surface area contributed by atoms with Gasteiger partial charge in [0.05, 0.1) is 10.9 Å². The lowest BCUT2D eigenvalue weighted by Crippen LogP contribution is -2.68. The summed E-state index contributed by atoms with van der Waals surface area (Å²) in [5, 5.41) is 0. The molecule has 21 heavy (non-hydrogen) atoms. The maximum absolute atomic E-state index is 8.49. The van der Waals surface area contributed by atoms with Gasteiger partial charge in [0.25, 0.3) is 0 Å². The Morgan fingerprint density at radius 3 is 1.67 bits per heavy atom. The molecule has 0 spiro atoms. The molecular formula is C14H15ClO4S2. The lowest BCUT2D eigenvalue weighted by molar-refractivity contribution is -2.00. The number of rotatable bonds is 3. The maximum atomic E-state index is 8.49. The van der Waals surface area contributed by atoms with Crippen molar-refractivity contribution in [2.75, 3.05) is 12.5 Å². The molecule has 7 heteroatoms. The van der Waals surface area contributed by atoms with Gasteiger partial charge in [-0.05, 0) is 42.7 Å². The molecule has 4 nitrogen and oxygen atoms in total. The van der Waals surface area contributed by atoms with Crippen molar-refractivity contribution in [3.63, 3.8) is 0 Å². The highest BCUT2D eigenvalue weighted by molar-refractivity contribution is 7.98. The first-order chi connectivity index (χ1) is 9.81. The van der Waals surface area contributed by atoms with Crippen LogP contribution in [0.2, 0.25) is 0 Å². The molecule has 0 saturated carbocycles. The van der Waals surface area contributed by atoms with Crippen molar-refractivity contribution in [3.05, 3.63) is 54.6 Å². The minimum atomic E-state index is -4.94. The summed E-state index contributed by atoms with van der Waals surface area (Å²) < 4.78 is 34.0. The minimum absolute atomic E-state index is 0.184. The lowest BCUT2D eigenvalue weighted by Gasteiger charge is -2.17. The van der Waals surface area contributed by atoms with Crippen LogP contribution >= 0.6 is 11.8 Å². The van der Waals surface area contributed by atoms with Gasteiger partial charge in [-0.2, -0.15) is 0 Å². The van der Waals surface area contributed by atoms with Gasteiger partial charge in [0.2, 0.25) is 0 Å². The molecule has 0 saturated heterocycles. The number of benzene rings is 2. The Kier molecular flexibility index (Phi) is 7.55. The van der Waals surface area contributed by atoms with Crippen LogP contribution in [0.15, 0.2) is 69.3 Å². The monoisotopic (exact) mass is 346 g/mol. The summed E-state index contributed by atoms with van der Waals surface area (Å²) >= 11 is 1.79. The van der Waals surface area contributed by atoms with Crippen LogP contribution in [0.1, 0.15) is 0 Å². The van der Waals surface area contributed by atoms with Crippen LogP contribution in [-0.4, -0.2) is 12.5 Å². The fraction of sp³-hybridized carbons (Fsp3) is 0.143. The number of thioether (sulfide) groups is 1. The molecule has 0 heterocycles. The minimum Gasteiger partial charge on any atom is -0.222 e. The number of hydrogen-bond acceptors (Lipinski definition) is 5. The molecule has 1 atom stereocenters. The van der Waals surface area contributed by atoms with E-state index in [0.717, 1.165) is 0 Å². The average molecular weight is 347 g/mol. The maximum Gasteiger partial charge on any atom is 0.160 e. The topological polar surface area (TPSA) is 92.2 Å². The molecule has 0 fully saturated rings. The van der Waals surface area contributed by atoms with E-state index in [1.54, 1.807) is 11.8 Å². The van der Waals surface area contributed by atoms with Gasteiger partial charge in [0.1, 0.15) is 6.26 Å². The van der Waals surface area contributed by atoms with Crippen molar-refractivity contribution >= 4 is 22.7 Å². The van der Waals surface area contributed by atoms with Crippen molar-refractivity contribution < 1.29 is 28.9 Å². The molecule has 114 valence electrons. The number of halogens is 1. The molecule has 2 rings (SSSR count). The summed E-state index contributed by atoms with van der Waals surface area (Å²) in [5.41, 5.74) is 0. The van der Waals surface area contributed by atoms with Crippen LogP contribution in [0.25, 0.3) is 0 Å². The van der Waals surface area contributed by atoms with E-state index in [1.807, 2.05) is 0 Å². The third-order valence-corrected chi connectivity index (χ3v) is 5.21. The SMILES string of the molecule is CSc1ccc([S+](C)c2ccccc2)cc1.[O-][Cl+3]([O-])([O-])[O-]. The molecule has 0 aliphatic rings. The van der Waals surface area contributed by atoms with Gasteiger partial charge in [-0.15, -0.1) is 22.0 Å². The Balaban J connectivity index is 0.000000383. The van der Waals surface area contributed by atoms with E-state index < -0.39 is 10.2 Å². The smallest absolute Gasteiger partial charge is 0.160 e. The van der Waals surface area contributed by atoms with Crippen LogP contribution in [-0.2, 0) is 10.9 Å². The summed E-state index contributed by atoms with van der Waals surface area (Å²) in [6.45, 7) is 0. The fourth-order valence-corrected chi connectivity index (χ4v) is 3.33. The summed E-state index contributed by atoms with van der Waals surface area (Å²) in [4.78, 5) is 4.14. The Labute approximate surface area is 133 Å². The van der Waals surface area contributed by atoms with E-state index in [-0.39, 0.29) is 10.9 Å². The van der Waals surface area contributed by atoms with Crippen molar-refractivity contribution in [1.29, 1.82) is 0 Å². The van der Waals surface area contributed by atoms with Crippen LogP contribution in [0.3, 0.4) is 0 Å². The van der Waals surface area contributed by atoms with Crippen LogP contribution < -0.4 is 18.6 Å². The molecule has 2 aromatic carbocycles. The Morgan fingerprint density at radius 2 is 1.24 bits per heavy atom. The van der Waals surface area contributed by atoms with Crippen molar-refractivity contribution in [2.45, 2.75) is 14.7 Å². The molecule has 1 unspecified atom stereocenters. The molecule has 0 aromatic heterocycles. The standard InChI is InChI=1S/C14H15S2.ClHO4/c1-15-12-8-10-14(11-9-12)16(2)13-6-4-3-5-7-13;2-1(3,4)5/h3-11H,1-2H3;(H,2,3,4,5)/q+1;/p-1. The second kappa shape index (κ2) is 8.65. The second-order valence-corrected chi connectivity index (χ2v) is 7.48. The summed E-state index contributed by atoms with van der Waals surface area (Å²) in [5.74, 6) is 0. The largest absolute Gasteiger partial charge is 0.222 e. The molecule has 0 amide bonds. The molecule has 0 aliphatic heterocycles. The van der Waals surface area contributed by atoms with Gasteiger partial charge < -0.3 is 0 Å². The summed E-state index contributed by atoms with van der Waals surface area (Å²) in [6, 6.07) is 19.6. The Morgan fingerprint density at radius 1 is 0.810 bits per heavy atom. The third-order valence-electron chi connectivity index (χ3n) is 2.51. The van der Waals surface area contributed by atoms with Gasteiger partial charge in [0, 0.05) is 4.90 Å². The van der Waals surface area contributed by atoms with Crippen molar-refractivity contribution in [1.82, 2.24) is 0 Å². The Hall–Kier alpha value is -0.730. The zero-order valence-electron chi connectivity index (χ0n) is 11.5. The van der Waals surface area contributed by atoms with E-state index >= 15 is 0 Å². The summed E-state index contributed by atoms with van der Waals surface area (Å²) in [6.07, 6.45) is 4.39.